The zero-order valence-corrected chi connectivity index (χ0v) is 14.0. The minimum Gasteiger partial charge on any atom is -0.495 e. The van der Waals surface area contributed by atoms with E-state index < -0.39 is 5.97 Å². The first-order valence-electron chi connectivity index (χ1n) is 7.09. The molecular formula is C17H17ClN2O4. The number of esters is 1. The Balaban J connectivity index is 2.02. The van der Waals surface area contributed by atoms with Gasteiger partial charge in [-0.1, -0.05) is 23.7 Å². The van der Waals surface area contributed by atoms with Gasteiger partial charge in [-0.2, -0.15) is 0 Å². The quantitative estimate of drug-likeness (QED) is 0.784. The summed E-state index contributed by atoms with van der Waals surface area (Å²) in [4.78, 5) is 23.6. The molecular weight excluding hydrogens is 332 g/mol. The second-order valence-corrected chi connectivity index (χ2v) is 5.20. The van der Waals surface area contributed by atoms with Gasteiger partial charge in [0.25, 0.3) is 0 Å². The van der Waals surface area contributed by atoms with Crippen LogP contribution in [0.5, 0.6) is 5.75 Å². The van der Waals surface area contributed by atoms with Crippen LogP contribution in [0.2, 0.25) is 5.02 Å². The Morgan fingerprint density at radius 1 is 1.08 bits per heavy atom. The molecule has 6 nitrogen and oxygen atoms in total. The van der Waals surface area contributed by atoms with Crippen molar-refractivity contribution in [3.8, 4) is 5.75 Å². The molecule has 0 fully saturated rings. The molecule has 0 heterocycles. The summed E-state index contributed by atoms with van der Waals surface area (Å²) in [6.45, 7) is -0.0254. The van der Waals surface area contributed by atoms with Crippen molar-refractivity contribution >= 4 is 34.9 Å². The molecule has 126 valence electrons. The Bertz CT molecular complexity index is 749. The molecule has 0 bridgehead atoms. The molecule has 1 amide bonds. The van der Waals surface area contributed by atoms with E-state index in [-0.39, 0.29) is 12.5 Å². The molecule has 0 radical (unpaired) electrons. The number of anilines is 2. The number of halogens is 1. The highest BCUT2D eigenvalue weighted by Gasteiger charge is 2.11. The maximum Gasteiger partial charge on any atom is 0.337 e. The number of ether oxygens (including phenoxy) is 2. The van der Waals surface area contributed by atoms with Crippen molar-refractivity contribution in [2.24, 2.45) is 0 Å². The van der Waals surface area contributed by atoms with E-state index >= 15 is 0 Å². The molecule has 0 saturated heterocycles. The van der Waals surface area contributed by atoms with E-state index in [4.69, 9.17) is 16.3 Å². The van der Waals surface area contributed by atoms with Gasteiger partial charge in [0, 0.05) is 0 Å². The fourth-order valence-electron chi connectivity index (χ4n) is 2.02. The first-order chi connectivity index (χ1) is 11.5. The summed E-state index contributed by atoms with van der Waals surface area (Å²) in [5.41, 5.74) is 1.38. The lowest BCUT2D eigenvalue weighted by atomic mass is 10.2. The zero-order chi connectivity index (χ0) is 17.5. The monoisotopic (exact) mass is 348 g/mol. The van der Waals surface area contributed by atoms with E-state index in [1.807, 2.05) is 6.07 Å². The average Bonchev–Trinajstić information content (AvgIpc) is 2.60. The zero-order valence-electron chi connectivity index (χ0n) is 13.3. The van der Waals surface area contributed by atoms with Crippen molar-refractivity contribution in [1.82, 2.24) is 0 Å². The van der Waals surface area contributed by atoms with Crippen LogP contribution in [0.3, 0.4) is 0 Å². The topological polar surface area (TPSA) is 76.7 Å². The standard InChI is InChI=1S/C17H17ClN2O4/c1-23-15-6-4-3-5-13(15)20-16(21)10-19-14-9-11(17(22)24-2)7-8-12(14)18/h3-9,19H,10H2,1-2H3,(H,20,21). The number of para-hydroxylation sites is 2. The predicted molar refractivity (Wildman–Crippen MR) is 92.9 cm³/mol. The summed E-state index contributed by atoms with van der Waals surface area (Å²) < 4.78 is 9.83. The van der Waals surface area contributed by atoms with Gasteiger partial charge in [-0.15, -0.1) is 0 Å². The molecule has 0 aliphatic heterocycles. The molecule has 0 spiro atoms. The summed E-state index contributed by atoms with van der Waals surface area (Å²) >= 11 is 6.07. The van der Waals surface area contributed by atoms with Crippen LogP contribution >= 0.6 is 11.6 Å². The molecule has 2 aromatic carbocycles. The summed E-state index contributed by atoms with van der Waals surface area (Å²) in [7, 11) is 2.83. The van der Waals surface area contributed by atoms with Crippen LogP contribution < -0.4 is 15.4 Å². The van der Waals surface area contributed by atoms with Crippen LogP contribution in [0.15, 0.2) is 42.5 Å². The number of methoxy groups -OCH3 is 2. The third-order valence-electron chi connectivity index (χ3n) is 3.21. The van der Waals surface area contributed by atoms with E-state index in [1.54, 1.807) is 30.3 Å². The highest BCUT2D eigenvalue weighted by Crippen LogP contribution is 2.24. The number of nitrogens with one attached hydrogen (secondary N) is 2. The summed E-state index contributed by atoms with van der Waals surface area (Å²) in [6, 6.07) is 11.7. The summed E-state index contributed by atoms with van der Waals surface area (Å²) in [5.74, 6) is -0.191. The minimum atomic E-state index is -0.479. The highest BCUT2D eigenvalue weighted by molar-refractivity contribution is 6.33. The minimum absolute atomic E-state index is 0.0254. The first kappa shape index (κ1) is 17.6. The molecule has 0 unspecified atom stereocenters. The fraction of sp³-hybridized carbons (Fsp3) is 0.176. The van der Waals surface area contributed by atoms with Crippen LogP contribution in [-0.4, -0.2) is 32.6 Å². The molecule has 0 aliphatic carbocycles. The fourth-order valence-corrected chi connectivity index (χ4v) is 2.21. The highest BCUT2D eigenvalue weighted by atomic mass is 35.5. The van der Waals surface area contributed by atoms with Gasteiger partial charge in [0.2, 0.25) is 5.91 Å². The normalized spacial score (nSPS) is 9.96. The smallest absolute Gasteiger partial charge is 0.337 e. The molecule has 0 aromatic heterocycles. The molecule has 2 N–H and O–H groups in total. The lowest BCUT2D eigenvalue weighted by molar-refractivity contribution is -0.114. The van der Waals surface area contributed by atoms with E-state index in [2.05, 4.69) is 15.4 Å². The Kier molecular flexibility index (Phi) is 6.03. The first-order valence-corrected chi connectivity index (χ1v) is 7.47. The molecule has 7 heteroatoms. The van der Waals surface area contributed by atoms with Crippen LogP contribution in [0.4, 0.5) is 11.4 Å². The number of carbonyl (C=O) groups excluding carboxylic acids is 2. The van der Waals surface area contributed by atoms with Gasteiger partial charge < -0.3 is 20.1 Å². The Morgan fingerprint density at radius 2 is 1.83 bits per heavy atom. The van der Waals surface area contributed by atoms with Crippen molar-refractivity contribution in [2.45, 2.75) is 0 Å². The molecule has 2 aromatic rings. The SMILES string of the molecule is COC(=O)c1ccc(Cl)c(NCC(=O)Nc2ccccc2OC)c1. The van der Waals surface area contributed by atoms with Crippen molar-refractivity contribution < 1.29 is 19.1 Å². The largest absolute Gasteiger partial charge is 0.495 e. The van der Waals surface area contributed by atoms with Crippen molar-refractivity contribution in [2.75, 3.05) is 31.4 Å². The number of amides is 1. The van der Waals surface area contributed by atoms with Crippen LogP contribution in [0.1, 0.15) is 10.4 Å². The maximum absolute atomic E-state index is 12.1. The Morgan fingerprint density at radius 3 is 2.54 bits per heavy atom. The summed E-state index contributed by atoms with van der Waals surface area (Å²) in [5, 5.41) is 6.03. The Hall–Kier alpha value is -2.73. The number of hydrogen-bond donors (Lipinski definition) is 2. The molecule has 0 atom stereocenters. The molecule has 24 heavy (non-hydrogen) atoms. The number of carbonyl (C=O) groups is 2. The van der Waals surface area contributed by atoms with E-state index in [0.717, 1.165) is 0 Å². The maximum atomic E-state index is 12.1. The lowest BCUT2D eigenvalue weighted by Crippen LogP contribution is -2.22. The van der Waals surface area contributed by atoms with Gasteiger partial charge in [-0.25, -0.2) is 4.79 Å². The van der Waals surface area contributed by atoms with Crippen LogP contribution in [0.25, 0.3) is 0 Å². The number of benzene rings is 2. The van der Waals surface area contributed by atoms with Crippen LogP contribution in [-0.2, 0) is 9.53 Å². The Labute approximate surface area is 144 Å². The molecule has 0 saturated carbocycles. The van der Waals surface area contributed by atoms with Gasteiger partial charge in [-0.3, -0.25) is 4.79 Å². The second kappa shape index (κ2) is 8.21. The molecule has 2 rings (SSSR count). The van der Waals surface area contributed by atoms with Gasteiger partial charge in [0.15, 0.2) is 0 Å². The van der Waals surface area contributed by atoms with Crippen LogP contribution in [0, 0.1) is 0 Å². The van der Waals surface area contributed by atoms with E-state index in [0.29, 0.717) is 27.7 Å². The van der Waals surface area contributed by atoms with E-state index in [9.17, 15) is 9.59 Å². The van der Waals surface area contributed by atoms with Gasteiger partial charge in [0.05, 0.1) is 42.7 Å². The van der Waals surface area contributed by atoms with Gasteiger partial charge >= 0.3 is 5.97 Å². The lowest BCUT2D eigenvalue weighted by Gasteiger charge is -2.12. The third-order valence-corrected chi connectivity index (χ3v) is 3.54. The molecule has 0 aliphatic rings. The second-order valence-electron chi connectivity index (χ2n) is 4.79. The van der Waals surface area contributed by atoms with Gasteiger partial charge in [-0.05, 0) is 30.3 Å². The van der Waals surface area contributed by atoms with Crippen molar-refractivity contribution in [3.05, 3.63) is 53.1 Å². The summed E-state index contributed by atoms with van der Waals surface area (Å²) in [6.07, 6.45) is 0. The van der Waals surface area contributed by atoms with Crippen molar-refractivity contribution in [3.63, 3.8) is 0 Å². The number of rotatable bonds is 6. The van der Waals surface area contributed by atoms with Crippen molar-refractivity contribution in [1.29, 1.82) is 0 Å². The van der Waals surface area contributed by atoms with Gasteiger partial charge in [0.1, 0.15) is 5.75 Å². The third kappa shape index (κ3) is 4.39. The van der Waals surface area contributed by atoms with E-state index in [1.165, 1.54) is 20.3 Å². The predicted octanol–water partition coefficient (Wildman–Crippen LogP) is 3.19. The average molecular weight is 349 g/mol. The number of hydrogen-bond acceptors (Lipinski definition) is 5.